The van der Waals surface area contributed by atoms with Crippen molar-refractivity contribution in [3.63, 3.8) is 0 Å². The molecule has 0 saturated carbocycles. The van der Waals surface area contributed by atoms with E-state index >= 15 is 0 Å². The van der Waals surface area contributed by atoms with Crippen molar-refractivity contribution < 1.29 is 9.53 Å². The van der Waals surface area contributed by atoms with Crippen molar-refractivity contribution in [3.05, 3.63) is 59.2 Å². The van der Waals surface area contributed by atoms with Gasteiger partial charge in [-0.2, -0.15) is 5.26 Å². The van der Waals surface area contributed by atoms with Gasteiger partial charge in [-0.3, -0.25) is 4.79 Å². The van der Waals surface area contributed by atoms with Gasteiger partial charge in [-0.05, 0) is 54.4 Å². The molecule has 0 radical (unpaired) electrons. The normalized spacial score (nSPS) is 13.5. The van der Waals surface area contributed by atoms with Crippen LogP contribution in [0.15, 0.2) is 42.5 Å². The summed E-state index contributed by atoms with van der Waals surface area (Å²) in [4.78, 5) is 14.3. The second-order valence-corrected chi connectivity index (χ2v) is 4.89. The topological polar surface area (TPSA) is 53.3 Å². The number of rotatable bonds is 2. The molecule has 1 heterocycles. The van der Waals surface area contributed by atoms with E-state index in [1.807, 2.05) is 24.3 Å². The molecule has 0 unspecified atom stereocenters. The number of amides is 1. The van der Waals surface area contributed by atoms with Gasteiger partial charge >= 0.3 is 0 Å². The second-order valence-electron chi connectivity index (χ2n) is 4.89. The SMILES string of the molecule is COc1ccc2c(c1)CCN(c1ccc(C#N)cc1)C2=O. The minimum absolute atomic E-state index is 0.0105. The van der Waals surface area contributed by atoms with Gasteiger partial charge < -0.3 is 9.64 Å². The van der Waals surface area contributed by atoms with Crippen molar-refractivity contribution in [2.24, 2.45) is 0 Å². The molecule has 0 bridgehead atoms. The Morgan fingerprint density at radius 3 is 2.62 bits per heavy atom. The summed E-state index contributed by atoms with van der Waals surface area (Å²) in [5.41, 5.74) is 3.14. The molecule has 2 aromatic carbocycles. The van der Waals surface area contributed by atoms with Crippen molar-refractivity contribution in [2.45, 2.75) is 6.42 Å². The molecule has 1 amide bonds. The van der Waals surface area contributed by atoms with E-state index in [-0.39, 0.29) is 5.91 Å². The number of nitriles is 1. The Morgan fingerprint density at radius 2 is 1.95 bits per heavy atom. The highest BCUT2D eigenvalue weighted by atomic mass is 16.5. The maximum Gasteiger partial charge on any atom is 0.258 e. The zero-order valence-corrected chi connectivity index (χ0v) is 11.7. The quantitative estimate of drug-likeness (QED) is 0.848. The molecule has 0 saturated heterocycles. The predicted molar refractivity (Wildman–Crippen MR) is 79.5 cm³/mol. The molecule has 104 valence electrons. The minimum atomic E-state index is -0.0105. The molecule has 4 nitrogen and oxygen atoms in total. The second kappa shape index (κ2) is 5.29. The Balaban J connectivity index is 1.93. The molecule has 21 heavy (non-hydrogen) atoms. The van der Waals surface area contributed by atoms with Crippen molar-refractivity contribution in [1.82, 2.24) is 0 Å². The Bertz CT molecular complexity index is 729. The molecule has 0 atom stereocenters. The molecule has 0 spiro atoms. The molecule has 2 aromatic rings. The number of anilines is 1. The summed E-state index contributed by atoms with van der Waals surface area (Å²) < 4.78 is 5.20. The van der Waals surface area contributed by atoms with Gasteiger partial charge in [0.1, 0.15) is 5.75 Å². The molecule has 4 heteroatoms. The Morgan fingerprint density at radius 1 is 1.19 bits per heavy atom. The first-order chi connectivity index (χ1) is 10.2. The summed E-state index contributed by atoms with van der Waals surface area (Å²) >= 11 is 0. The number of carbonyl (C=O) groups excluding carboxylic acids is 1. The lowest BCUT2D eigenvalue weighted by Crippen LogP contribution is -2.37. The highest BCUT2D eigenvalue weighted by Crippen LogP contribution is 2.27. The first kappa shape index (κ1) is 13.2. The number of ether oxygens (including phenoxy) is 1. The zero-order valence-electron chi connectivity index (χ0n) is 11.7. The average Bonchev–Trinajstić information content (AvgIpc) is 2.55. The molecule has 0 aromatic heterocycles. The van der Waals surface area contributed by atoms with Gasteiger partial charge in [0.25, 0.3) is 5.91 Å². The molecule has 3 rings (SSSR count). The Labute approximate surface area is 123 Å². The fourth-order valence-corrected chi connectivity index (χ4v) is 2.55. The minimum Gasteiger partial charge on any atom is -0.497 e. The van der Waals surface area contributed by atoms with Gasteiger partial charge in [0.15, 0.2) is 0 Å². The fraction of sp³-hybridized carbons (Fsp3) is 0.176. The average molecular weight is 278 g/mol. The van der Waals surface area contributed by atoms with Crippen LogP contribution in [0.5, 0.6) is 5.75 Å². The van der Waals surface area contributed by atoms with E-state index in [2.05, 4.69) is 6.07 Å². The van der Waals surface area contributed by atoms with Crippen LogP contribution in [0.25, 0.3) is 0 Å². The van der Waals surface area contributed by atoms with Crippen molar-refractivity contribution in [3.8, 4) is 11.8 Å². The third-order valence-corrected chi connectivity index (χ3v) is 3.70. The van der Waals surface area contributed by atoms with Gasteiger partial charge in [0.2, 0.25) is 0 Å². The van der Waals surface area contributed by atoms with Crippen molar-refractivity contribution in [2.75, 3.05) is 18.6 Å². The largest absolute Gasteiger partial charge is 0.497 e. The highest BCUT2D eigenvalue weighted by Gasteiger charge is 2.25. The number of carbonyl (C=O) groups is 1. The summed E-state index contributed by atoms with van der Waals surface area (Å²) in [5.74, 6) is 0.761. The number of nitrogens with zero attached hydrogens (tertiary/aromatic N) is 2. The number of fused-ring (bicyclic) bond motifs is 1. The van der Waals surface area contributed by atoms with E-state index in [1.54, 1.807) is 30.2 Å². The van der Waals surface area contributed by atoms with E-state index < -0.39 is 0 Å². The van der Waals surface area contributed by atoms with Crippen molar-refractivity contribution >= 4 is 11.6 Å². The number of benzene rings is 2. The molecule has 1 aliphatic heterocycles. The van der Waals surface area contributed by atoms with E-state index in [0.717, 1.165) is 23.4 Å². The molecular weight excluding hydrogens is 264 g/mol. The van der Waals surface area contributed by atoms with Crippen LogP contribution in [0.1, 0.15) is 21.5 Å². The van der Waals surface area contributed by atoms with Crippen molar-refractivity contribution in [1.29, 1.82) is 5.26 Å². The highest BCUT2D eigenvalue weighted by molar-refractivity contribution is 6.08. The third kappa shape index (κ3) is 2.34. The summed E-state index contributed by atoms with van der Waals surface area (Å²) in [5, 5.41) is 8.83. The summed E-state index contributed by atoms with van der Waals surface area (Å²) in [6, 6.07) is 14.7. The van der Waals surface area contributed by atoms with E-state index in [1.165, 1.54) is 0 Å². The van der Waals surface area contributed by atoms with Gasteiger partial charge in [0, 0.05) is 17.8 Å². The van der Waals surface area contributed by atoms with E-state index in [9.17, 15) is 4.79 Å². The van der Waals surface area contributed by atoms with Gasteiger partial charge in [0.05, 0.1) is 18.7 Å². The lowest BCUT2D eigenvalue weighted by molar-refractivity contribution is 0.0980. The maximum absolute atomic E-state index is 12.6. The maximum atomic E-state index is 12.6. The lowest BCUT2D eigenvalue weighted by Gasteiger charge is -2.28. The summed E-state index contributed by atoms with van der Waals surface area (Å²) in [6.07, 6.45) is 0.790. The van der Waals surface area contributed by atoms with E-state index in [0.29, 0.717) is 17.7 Å². The van der Waals surface area contributed by atoms with Crippen LogP contribution in [0.2, 0.25) is 0 Å². The van der Waals surface area contributed by atoms with Gasteiger partial charge in [-0.25, -0.2) is 0 Å². The summed E-state index contributed by atoms with van der Waals surface area (Å²) in [6.45, 7) is 0.630. The van der Waals surface area contributed by atoms with Crippen LogP contribution < -0.4 is 9.64 Å². The number of methoxy groups -OCH3 is 1. The first-order valence-electron chi connectivity index (χ1n) is 6.72. The third-order valence-electron chi connectivity index (χ3n) is 3.70. The molecule has 0 aliphatic carbocycles. The lowest BCUT2D eigenvalue weighted by atomic mass is 9.98. The summed E-state index contributed by atoms with van der Waals surface area (Å²) in [7, 11) is 1.62. The standard InChI is InChI=1S/C17H14N2O2/c1-21-15-6-7-16-13(10-15)8-9-19(17(16)20)14-4-2-12(11-18)3-5-14/h2-7,10H,8-9H2,1H3. The van der Waals surface area contributed by atoms with E-state index in [4.69, 9.17) is 10.00 Å². The predicted octanol–water partition coefficient (Wildman–Crippen LogP) is 2.77. The van der Waals surface area contributed by atoms with Gasteiger partial charge in [-0.1, -0.05) is 0 Å². The number of hydrogen-bond acceptors (Lipinski definition) is 3. The molecule has 1 aliphatic rings. The van der Waals surface area contributed by atoms with Crippen LogP contribution in [0.4, 0.5) is 5.69 Å². The van der Waals surface area contributed by atoms with Crippen LogP contribution in [0.3, 0.4) is 0 Å². The van der Waals surface area contributed by atoms with Gasteiger partial charge in [-0.15, -0.1) is 0 Å². The molecule has 0 N–H and O–H groups in total. The van der Waals surface area contributed by atoms with Crippen LogP contribution >= 0.6 is 0 Å². The number of hydrogen-bond donors (Lipinski definition) is 0. The van der Waals surface area contributed by atoms with Crippen LogP contribution in [-0.2, 0) is 6.42 Å². The smallest absolute Gasteiger partial charge is 0.258 e. The fourth-order valence-electron chi connectivity index (χ4n) is 2.55. The monoisotopic (exact) mass is 278 g/mol. The Kier molecular flexibility index (Phi) is 3.33. The first-order valence-corrected chi connectivity index (χ1v) is 6.72. The zero-order chi connectivity index (χ0) is 14.8. The molecular formula is C17H14N2O2. The van der Waals surface area contributed by atoms with Crippen LogP contribution in [0, 0.1) is 11.3 Å². The molecule has 0 fully saturated rings. The van der Waals surface area contributed by atoms with Crippen LogP contribution in [-0.4, -0.2) is 19.6 Å². The Hall–Kier alpha value is -2.80.